The second kappa shape index (κ2) is 3.55. The fraction of sp³-hybridized carbons (Fsp3) is 0.364. The number of hydrogen-bond acceptors (Lipinski definition) is 3. The van der Waals surface area contributed by atoms with Crippen LogP contribution in [0.5, 0.6) is 5.75 Å². The second-order valence-electron chi connectivity index (χ2n) is 3.87. The number of phenols is 1. The Labute approximate surface area is 87.8 Å². The summed E-state index contributed by atoms with van der Waals surface area (Å²) in [6.07, 6.45) is 1.80. The van der Waals surface area contributed by atoms with E-state index >= 15 is 0 Å². The Morgan fingerprint density at radius 3 is 2.73 bits per heavy atom. The van der Waals surface area contributed by atoms with Crippen LogP contribution in [0, 0.1) is 0 Å². The third kappa shape index (κ3) is 1.57. The molecule has 2 aromatic rings. The summed E-state index contributed by atoms with van der Waals surface area (Å²) in [5.41, 5.74) is 1.28. The first-order valence-corrected chi connectivity index (χ1v) is 4.94. The van der Waals surface area contributed by atoms with Gasteiger partial charge in [0.1, 0.15) is 5.75 Å². The van der Waals surface area contributed by atoms with Crippen molar-refractivity contribution in [3.05, 3.63) is 23.9 Å². The quantitative estimate of drug-likeness (QED) is 0.787. The zero-order chi connectivity index (χ0) is 11.0. The molecule has 15 heavy (non-hydrogen) atoms. The maximum atomic E-state index is 9.83. The van der Waals surface area contributed by atoms with Gasteiger partial charge in [0.2, 0.25) is 0 Å². The van der Waals surface area contributed by atoms with E-state index in [-0.39, 0.29) is 18.4 Å². The Balaban J connectivity index is 2.66. The fourth-order valence-corrected chi connectivity index (χ4v) is 1.53. The molecule has 4 heteroatoms. The van der Waals surface area contributed by atoms with Crippen LogP contribution in [0.2, 0.25) is 0 Å². The molecular weight excluding hydrogens is 192 g/mol. The minimum absolute atomic E-state index is 0.127. The van der Waals surface area contributed by atoms with Crippen molar-refractivity contribution in [2.45, 2.75) is 26.5 Å². The van der Waals surface area contributed by atoms with E-state index in [2.05, 4.69) is 5.10 Å². The normalized spacial score (nSPS) is 11.5. The SMILES string of the molecule is CC(C)n1cc2c(O)c(CO)ccc2n1. The highest BCUT2D eigenvalue weighted by molar-refractivity contribution is 5.85. The lowest BCUT2D eigenvalue weighted by molar-refractivity contribution is 0.276. The van der Waals surface area contributed by atoms with E-state index in [1.807, 2.05) is 13.8 Å². The van der Waals surface area contributed by atoms with Crippen LogP contribution in [0.25, 0.3) is 10.9 Å². The van der Waals surface area contributed by atoms with Gasteiger partial charge in [0, 0.05) is 17.8 Å². The molecule has 2 N–H and O–H groups in total. The van der Waals surface area contributed by atoms with Gasteiger partial charge in [-0.25, -0.2) is 0 Å². The van der Waals surface area contributed by atoms with Gasteiger partial charge >= 0.3 is 0 Å². The van der Waals surface area contributed by atoms with Crippen LogP contribution in [0.3, 0.4) is 0 Å². The molecule has 2 rings (SSSR count). The highest BCUT2D eigenvalue weighted by Gasteiger charge is 2.10. The number of aliphatic hydroxyl groups is 1. The summed E-state index contributed by atoms with van der Waals surface area (Å²) in [6, 6.07) is 3.75. The third-order valence-corrected chi connectivity index (χ3v) is 2.46. The van der Waals surface area contributed by atoms with Crippen molar-refractivity contribution in [1.82, 2.24) is 9.78 Å². The smallest absolute Gasteiger partial charge is 0.132 e. The van der Waals surface area contributed by atoms with Crippen LogP contribution in [0.4, 0.5) is 0 Å². The van der Waals surface area contributed by atoms with E-state index in [1.54, 1.807) is 23.0 Å². The molecule has 0 radical (unpaired) electrons. The van der Waals surface area contributed by atoms with Crippen LogP contribution in [0.1, 0.15) is 25.5 Å². The van der Waals surface area contributed by atoms with Gasteiger partial charge in [0.05, 0.1) is 17.5 Å². The lowest BCUT2D eigenvalue weighted by atomic mass is 10.1. The van der Waals surface area contributed by atoms with Crippen molar-refractivity contribution in [3.8, 4) is 5.75 Å². The summed E-state index contributed by atoms with van der Waals surface area (Å²) in [7, 11) is 0. The first kappa shape index (κ1) is 9.98. The number of benzene rings is 1. The van der Waals surface area contributed by atoms with Crippen molar-refractivity contribution in [2.75, 3.05) is 0 Å². The Morgan fingerprint density at radius 1 is 1.40 bits per heavy atom. The van der Waals surface area contributed by atoms with Gasteiger partial charge in [-0.3, -0.25) is 4.68 Å². The molecule has 1 heterocycles. The topological polar surface area (TPSA) is 58.3 Å². The average Bonchev–Trinajstić information content (AvgIpc) is 2.63. The molecule has 0 aliphatic heterocycles. The Bertz CT molecular complexity index is 489. The van der Waals surface area contributed by atoms with Crippen molar-refractivity contribution in [1.29, 1.82) is 0 Å². The molecule has 0 saturated carbocycles. The summed E-state index contributed by atoms with van der Waals surface area (Å²) in [5, 5.41) is 23.9. The van der Waals surface area contributed by atoms with E-state index in [4.69, 9.17) is 5.11 Å². The number of aromatic nitrogens is 2. The lowest BCUT2D eigenvalue weighted by Crippen LogP contribution is -1.99. The van der Waals surface area contributed by atoms with Gasteiger partial charge in [-0.2, -0.15) is 5.10 Å². The highest BCUT2D eigenvalue weighted by Crippen LogP contribution is 2.28. The van der Waals surface area contributed by atoms with Crippen molar-refractivity contribution in [3.63, 3.8) is 0 Å². The van der Waals surface area contributed by atoms with Gasteiger partial charge in [0.15, 0.2) is 0 Å². The molecule has 0 fully saturated rings. The van der Waals surface area contributed by atoms with Crippen LogP contribution in [0.15, 0.2) is 18.3 Å². The van der Waals surface area contributed by atoms with Gasteiger partial charge in [0.25, 0.3) is 0 Å². The summed E-state index contributed by atoms with van der Waals surface area (Å²) >= 11 is 0. The summed E-state index contributed by atoms with van der Waals surface area (Å²) in [6.45, 7) is 3.89. The maximum absolute atomic E-state index is 9.83. The van der Waals surface area contributed by atoms with Crippen molar-refractivity contribution >= 4 is 10.9 Å². The number of aromatic hydroxyl groups is 1. The Hall–Kier alpha value is -1.55. The van der Waals surface area contributed by atoms with Crippen molar-refractivity contribution < 1.29 is 10.2 Å². The average molecular weight is 206 g/mol. The van der Waals surface area contributed by atoms with E-state index < -0.39 is 0 Å². The van der Waals surface area contributed by atoms with Gasteiger partial charge in [-0.1, -0.05) is 6.07 Å². The Morgan fingerprint density at radius 2 is 2.13 bits per heavy atom. The first-order chi connectivity index (χ1) is 7.13. The zero-order valence-corrected chi connectivity index (χ0v) is 8.81. The fourth-order valence-electron chi connectivity index (χ4n) is 1.53. The molecule has 80 valence electrons. The third-order valence-electron chi connectivity index (χ3n) is 2.46. The van der Waals surface area contributed by atoms with E-state index in [9.17, 15) is 5.11 Å². The van der Waals surface area contributed by atoms with Crippen LogP contribution >= 0.6 is 0 Å². The molecule has 1 aromatic heterocycles. The highest BCUT2D eigenvalue weighted by atomic mass is 16.3. The monoisotopic (exact) mass is 206 g/mol. The number of aliphatic hydroxyl groups excluding tert-OH is 1. The maximum Gasteiger partial charge on any atom is 0.132 e. The second-order valence-corrected chi connectivity index (χ2v) is 3.87. The predicted octanol–water partition coefficient (Wildman–Crippen LogP) is 1.82. The summed E-state index contributed by atoms with van der Waals surface area (Å²) in [5.74, 6) is 0.127. The first-order valence-electron chi connectivity index (χ1n) is 4.94. The zero-order valence-electron chi connectivity index (χ0n) is 8.81. The van der Waals surface area contributed by atoms with Crippen LogP contribution < -0.4 is 0 Å². The standard InChI is InChI=1S/C11H14N2O2/c1-7(2)13-5-9-10(12-13)4-3-8(6-14)11(9)15/h3-5,7,14-15H,6H2,1-2H3. The molecule has 0 bridgehead atoms. The minimum atomic E-state index is -0.158. The molecule has 0 saturated heterocycles. The van der Waals surface area contributed by atoms with Crippen molar-refractivity contribution in [2.24, 2.45) is 0 Å². The molecule has 0 spiro atoms. The minimum Gasteiger partial charge on any atom is -0.507 e. The molecule has 4 nitrogen and oxygen atoms in total. The number of rotatable bonds is 2. The van der Waals surface area contributed by atoms with E-state index in [1.165, 1.54) is 0 Å². The lowest BCUT2D eigenvalue weighted by Gasteiger charge is -2.02. The van der Waals surface area contributed by atoms with Crippen LogP contribution in [-0.4, -0.2) is 20.0 Å². The molecule has 0 aliphatic carbocycles. The molecule has 1 aromatic carbocycles. The Kier molecular flexibility index (Phi) is 2.36. The van der Waals surface area contributed by atoms with Gasteiger partial charge < -0.3 is 10.2 Å². The van der Waals surface area contributed by atoms with Gasteiger partial charge in [-0.05, 0) is 19.9 Å². The largest absolute Gasteiger partial charge is 0.507 e. The summed E-state index contributed by atoms with van der Waals surface area (Å²) in [4.78, 5) is 0. The molecule has 0 atom stereocenters. The summed E-state index contributed by atoms with van der Waals surface area (Å²) < 4.78 is 1.80. The number of hydrogen-bond donors (Lipinski definition) is 2. The van der Waals surface area contributed by atoms with E-state index in [0.29, 0.717) is 10.9 Å². The van der Waals surface area contributed by atoms with Crippen LogP contribution in [-0.2, 0) is 6.61 Å². The number of nitrogens with zero attached hydrogens (tertiary/aromatic N) is 2. The van der Waals surface area contributed by atoms with E-state index in [0.717, 1.165) is 5.52 Å². The molecule has 0 unspecified atom stereocenters. The predicted molar refractivity (Wildman–Crippen MR) is 57.7 cm³/mol. The molecular formula is C11H14N2O2. The number of fused-ring (bicyclic) bond motifs is 1. The van der Waals surface area contributed by atoms with Gasteiger partial charge in [-0.15, -0.1) is 0 Å². The molecule has 0 aliphatic rings. The molecule has 0 amide bonds.